The lowest BCUT2D eigenvalue weighted by atomic mass is 9.77. The lowest BCUT2D eigenvalue weighted by Crippen LogP contribution is -2.49. The third kappa shape index (κ3) is 5.16. The number of ether oxygens (including phenoxy) is 4. The van der Waals surface area contributed by atoms with Crippen LogP contribution in [0.15, 0.2) is 23.8 Å². The Kier molecular flexibility index (Phi) is 7.45. The van der Waals surface area contributed by atoms with Crippen molar-refractivity contribution in [2.24, 2.45) is 0 Å². The van der Waals surface area contributed by atoms with E-state index in [1.165, 1.54) is 7.11 Å². The summed E-state index contributed by atoms with van der Waals surface area (Å²) in [4.78, 5) is 28.6. The lowest BCUT2D eigenvalue weighted by Gasteiger charge is -2.40. The van der Waals surface area contributed by atoms with Gasteiger partial charge in [-0.3, -0.25) is 9.69 Å². The van der Waals surface area contributed by atoms with Crippen molar-refractivity contribution in [1.29, 1.82) is 0 Å². The molecule has 9 nitrogen and oxygen atoms in total. The van der Waals surface area contributed by atoms with Gasteiger partial charge in [0.25, 0.3) is 0 Å². The first-order chi connectivity index (χ1) is 18.5. The summed E-state index contributed by atoms with van der Waals surface area (Å²) in [5.41, 5.74) is -0.0719. The van der Waals surface area contributed by atoms with Crippen molar-refractivity contribution in [2.45, 2.75) is 101 Å². The van der Waals surface area contributed by atoms with Gasteiger partial charge in [-0.2, -0.15) is 0 Å². The molecule has 1 aromatic carbocycles. The van der Waals surface area contributed by atoms with Crippen LogP contribution in [0.4, 0.5) is 0 Å². The van der Waals surface area contributed by atoms with E-state index in [4.69, 9.17) is 18.9 Å². The SMILES string of the molecule is CCC1=C[C@]23CCCN2CCc2cc4c(cc2[C@@H]3C1OC(=O)[C@@](O)(CCCC(C)(C)O)CC(=O)OC)OCO4. The van der Waals surface area contributed by atoms with Crippen LogP contribution < -0.4 is 9.47 Å². The van der Waals surface area contributed by atoms with Gasteiger partial charge in [-0.15, -0.1) is 0 Å². The minimum Gasteiger partial charge on any atom is -0.469 e. The number of hydrogen-bond acceptors (Lipinski definition) is 9. The molecule has 0 bridgehead atoms. The van der Waals surface area contributed by atoms with E-state index in [0.717, 1.165) is 54.8 Å². The number of methoxy groups -OCH3 is 1. The summed E-state index contributed by atoms with van der Waals surface area (Å²) in [6.45, 7) is 7.43. The number of hydrogen-bond donors (Lipinski definition) is 2. The number of carbonyl (C=O) groups is 2. The fourth-order valence-corrected chi connectivity index (χ4v) is 6.98. The number of fused-ring (bicyclic) bond motifs is 3. The molecule has 0 radical (unpaired) electrons. The standard InChI is InChI=1S/C30H41NO8/c1-5-19-16-29-10-7-12-31(29)13-8-20-14-22-23(38-18-37-22)15-21(20)25(29)26(19)39-27(33)30(35,17-24(32)36-4)11-6-9-28(2,3)34/h14-16,25-26,34-35H,5-13,17-18H2,1-4H3/t25-,26?,29+,30-/m1/s1. The van der Waals surface area contributed by atoms with Crippen LogP contribution in [0.25, 0.3) is 0 Å². The van der Waals surface area contributed by atoms with Crippen LogP contribution in [0.5, 0.6) is 11.5 Å². The molecule has 2 N–H and O–H groups in total. The molecule has 4 atom stereocenters. The average molecular weight is 544 g/mol. The number of aliphatic hydroxyl groups is 2. The predicted molar refractivity (Wildman–Crippen MR) is 143 cm³/mol. The first kappa shape index (κ1) is 27.9. The van der Waals surface area contributed by atoms with Gasteiger partial charge < -0.3 is 29.2 Å². The van der Waals surface area contributed by atoms with E-state index in [9.17, 15) is 19.8 Å². The molecule has 5 rings (SSSR count). The van der Waals surface area contributed by atoms with Crippen LogP contribution in [0.2, 0.25) is 0 Å². The molecule has 0 saturated carbocycles. The largest absolute Gasteiger partial charge is 0.469 e. The Bertz CT molecular complexity index is 1160. The normalized spacial score (nSPS) is 27.1. The van der Waals surface area contributed by atoms with Gasteiger partial charge >= 0.3 is 11.9 Å². The Morgan fingerprint density at radius 2 is 1.90 bits per heavy atom. The Labute approximate surface area is 230 Å². The smallest absolute Gasteiger partial charge is 0.339 e. The Morgan fingerprint density at radius 3 is 2.59 bits per heavy atom. The van der Waals surface area contributed by atoms with E-state index in [1.54, 1.807) is 13.8 Å². The van der Waals surface area contributed by atoms with E-state index in [-0.39, 0.29) is 24.7 Å². The van der Waals surface area contributed by atoms with E-state index >= 15 is 0 Å². The summed E-state index contributed by atoms with van der Waals surface area (Å²) in [5, 5.41) is 21.7. The fourth-order valence-electron chi connectivity index (χ4n) is 6.98. The van der Waals surface area contributed by atoms with Gasteiger partial charge in [0.15, 0.2) is 17.1 Å². The monoisotopic (exact) mass is 543 g/mol. The Balaban J connectivity index is 1.50. The number of esters is 2. The Hall–Kier alpha value is -2.62. The summed E-state index contributed by atoms with van der Waals surface area (Å²) >= 11 is 0. The van der Waals surface area contributed by atoms with Crippen LogP contribution in [-0.4, -0.2) is 76.9 Å². The maximum absolute atomic E-state index is 13.8. The number of carbonyl (C=O) groups excluding carboxylic acids is 2. The zero-order valence-corrected chi connectivity index (χ0v) is 23.5. The first-order valence-corrected chi connectivity index (χ1v) is 14.1. The molecular weight excluding hydrogens is 502 g/mol. The van der Waals surface area contributed by atoms with Crippen molar-refractivity contribution in [3.63, 3.8) is 0 Å². The lowest BCUT2D eigenvalue weighted by molar-refractivity contribution is -0.177. The summed E-state index contributed by atoms with van der Waals surface area (Å²) in [6.07, 6.45) is 5.39. The maximum atomic E-state index is 13.8. The third-order valence-corrected chi connectivity index (χ3v) is 8.92. The van der Waals surface area contributed by atoms with Crippen LogP contribution >= 0.6 is 0 Å². The highest BCUT2D eigenvalue weighted by Gasteiger charge is 2.57. The molecule has 1 aliphatic carbocycles. The van der Waals surface area contributed by atoms with Gasteiger partial charge in [-0.1, -0.05) is 13.0 Å². The molecule has 214 valence electrons. The summed E-state index contributed by atoms with van der Waals surface area (Å²) in [6, 6.07) is 4.10. The molecule has 1 saturated heterocycles. The van der Waals surface area contributed by atoms with Crippen molar-refractivity contribution in [3.8, 4) is 11.5 Å². The molecule has 3 heterocycles. The molecule has 1 aromatic rings. The van der Waals surface area contributed by atoms with Gasteiger partial charge in [0.1, 0.15) is 6.10 Å². The number of benzene rings is 1. The van der Waals surface area contributed by atoms with Gasteiger partial charge in [0.05, 0.1) is 24.7 Å². The molecule has 9 heteroatoms. The van der Waals surface area contributed by atoms with E-state index in [1.807, 2.05) is 6.07 Å². The highest BCUT2D eigenvalue weighted by molar-refractivity contribution is 5.86. The summed E-state index contributed by atoms with van der Waals surface area (Å²) in [7, 11) is 1.23. The molecule has 1 fully saturated rings. The molecular formula is C30H41NO8. The van der Waals surface area contributed by atoms with Crippen molar-refractivity contribution < 1.29 is 38.7 Å². The third-order valence-electron chi connectivity index (χ3n) is 8.92. The predicted octanol–water partition coefficient (Wildman–Crippen LogP) is 3.39. The molecule has 39 heavy (non-hydrogen) atoms. The second kappa shape index (κ2) is 10.4. The zero-order chi connectivity index (χ0) is 28.0. The number of nitrogens with zero attached hydrogens (tertiary/aromatic N) is 1. The second-order valence-electron chi connectivity index (χ2n) is 12.1. The topological polar surface area (TPSA) is 115 Å². The molecule has 3 aliphatic heterocycles. The van der Waals surface area contributed by atoms with Gasteiger partial charge in [-0.05, 0) is 94.2 Å². The molecule has 4 aliphatic rings. The van der Waals surface area contributed by atoms with E-state index in [2.05, 4.69) is 24.0 Å². The second-order valence-corrected chi connectivity index (χ2v) is 12.1. The van der Waals surface area contributed by atoms with Crippen molar-refractivity contribution in [3.05, 3.63) is 34.9 Å². The zero-order valence-electron chi connectivity index (χ0n) is 23.5. The van der Waals surface area contributed by atoms with Crippen LogP contribution in [-0.2, 0) is 25.5 Å². The van der Waals surface area contributed by atoms with Crippen molar-refractivity contribution in [1.82, 2.24) is 4.90 Å². The van der Waals surface area contributed by atoms with Crippen LogP contribution in [0, 0.1) is 0 Å². The minimum atomic E-state index is -2.06. The quantitative estimate of drug-likeness (QED) is 0.357. The van der Waals surface area contributed by atoms with E-state index in [0.29, 0.717) is 25.0 Å². The van der Waals surface area contributed by atoms with Gasteiger partial charge in [0.2, 0.25) is 6.79 Å². The van der Waals surface area contributed by atoms with Crippen LogP contribution in [0.1, 0.15) is 82.8 Å². The van der Waals surface area contributed by atoms with Crippen molar-refractivity contribution in [2.75, 3.05) is 27.0 Å². The van der Waals surface area contributed by atoms with Gasteiger partial charge in [-0.25, -0.2) is 4.79 Å². The average Bonchev–Trinajstić information content (AvgIpc) is 3.56. The van der Waals surface area contributed by atoms with Gasteiger partial charge in [0, 0.05) is 12.5 Å². The van der Waals surface area contributed by atoms with Crippen LogP contribution in [0.3, 0.4) is 0 Å². The molecule has 0 amide bonds. The molecule has 0 aromatic heterocycles. The Morgan fingerprint density at radius 1 is 1.15 bits per heavy atom. The first-order valence-electron chi connectivity index (χ1n) is 14.1. The molecule has 1 unspecified atom stereocenters. The summed E-state index contributed by atoms with van der Waals surface area (Å²) in [5.74, 6) is -0.273. The molecule has 1 spiro atoms. The minimum absolute atomic E-state index is 0.0278. The maximum Gasteiger partial charge on any atom is 0.339 e. The van der Waals surface area contributed by atoms with Crippen molar-refractivity contribution >= 4 is 11.9 Å². The fraction of sp³-hybridized carbons (Fsp3) is 0.667. The highest BCUT2D eigenvalue weighted by Crippen LogP contribution is 2.56. The van der Waals surface area contributed by atoms with E-state index < -0.39 is 35.7 Å². The number of rotatable bonds is 9. The highest BCUT2D eigenvalue weighted by atomic mass is 16.7. The summed E-state index contributed by atoms with van der Waals surface area (Å²) < 4.78 is 22.5.